The highest BCUT2D eigenvalue weighted by atomic mass is 19.4. The van der Waals surface area contributed by atoms with E-state index in [4.69, 9.17) is 16.1 Å². The van der Waals surface area contributed by atoms with Crippen LogP contribution >= 0.6 is 0 Å². The monoisotopic (exact) mass is 627 g/mol. The Kier molecular flexibility index (Phi) is 9.26. The number of rotatable bonds is 6. The highest BCUT2D eigenvalue weighted by Crippen LogP contribution is 2.37. The van der Waals surface area contributed by atoms with Gasteiger partial charge in [-0.05, 0) is 63.3 Å². The molecule has 0 amide bonds. The zero-order valence-electron chi connectivity index (χ0n) is 28.1. The fraction of sp³-hybridized carbons (Fsp3) is 0.342. The first-order valence-electron chi connectivity index (χ1n) is 15.3. The molecule has 5 nitrogen and oxygen atoms in total. The van der Waals surface area contributed by atoms with E-state index in [1.165, 1.54) is 6.07 Å². The molecule has 8 heteroatoms. The molecule has 0 fully saturated rings. The summed E-state index contributed by atoms with van der Waals surface area (Å²) >= 11 is 0. The summed E-state index contributed by atoms with van der Waals surface area (Å²) in [6, 6.07) is 25.6. The van der Waals surface area contributed by atoms with E-state index in [1.54, 1.807) is 0 Å². The number of alkyl halides is 3. The SMILES string of the molecule is CC(C)(C)c1ccc(-c2nc(C(=N)C=C(N)C(F)(F)F)cc(N(c3ccc(C(C)(C)C)cc3)c3ccc(C(C)(C)C)cc3)n2)cc1. The van der Waals surface area contributed by atoms with Gasteiger partial charge in [0.05, 0.1) is 11.4 Å². The molecule has 0 radical (unpaired) electrons. The molecule has 0 aliphatic rings. The maximum absolute atomic E-state index is 13.4. The average molecular weight is 628 g/mol. The maximum Gasteiger partial charge on any atom is 0.430 e. The molecule has 0 aliphatic carbocycles. The lowest BCUT2D eigenvalue weighted by Gasteiger charge is -2.27. The molecule has 3 aromatic carbocycles. The van der Waals surface area contributed by atoms with E-state index in [-0.39, 0.29) is 27.8 Å². The number of aromatic nitrogens is 2. The number of nitrogens with zero attached hydrogens (tertiary/aromatic N) is 3. The van der Waals surface area contributed by atoms with Crippen LogP contribution in [0, 0.1) is 5.41 Å². The van der Waals surface area contributed by atoms with Gasteiger partial charge in [-0.3, -0.25) is 10.3 Å². The Balaban J connectivity index is 1.97. The van der Waals surface area contributed by atoms with Crippen LogP contribution in [-0.4, -0.2) is 21.9 Å². The van der Waals surface area contributed by atoms with Crippen molar-refractivity contribution in [1.29, 1.82) is 5.41 Å². The molecular weight excluding hydrogens is 583 g/mol. The van der Waals surface area contributed by atoms with Gasteiger partial charge in [0.25, 0.3) is 0 Å². The number of hydrogen-bond acceptors (Lipinski definition) is 5. The highest BCUT2D eigenvalue weighted by molar-refractivity contribution is 6.06. The van der Waals surface area contributed by atoms with E-state index in [9.17, 15) is 13.2 Å². The van der Waals surface area contributed by atoms with Crippen molar-refractivity contribution in [2.75, 3.05) is 4.90 Å². The fourth-order valence-electron chi connectivity index (χ4n) is 4.88. The molecule has 4 aromatic rings. The van der Waals surface area contributed by atoms with Crippen molar-refractivity contribution >= 4 is 22.9 Å². The van der Waals surface area contributed by atoms with Crippen LogP contribution in [0.4, 0.5) is 30.4 Å². The van der Waals surface area contributed by atoms with Crippen molar-refractivity contribution in [2.45, 2.75) is 84.7 Å². The van der Waals surface area contributed by atoms with Crippen molar-refractivity contribution < 1.29 is 13.2 Å². The molecule has 0 aliphatic heterocycles. The van der Waals surface area contributed by atoms with Gasteiger partial charge in [0.15, 0.2) is 5.82 Å². The van der Waals surface area contributed by atoms with Gasteiger partial charge in [0.1, 0.15) is 11.5 Å². The van der Waals surface area contributed by atoms with Crippen LogP contribution in [0.1, 0.15) is 84.7 Å². The second-order valence-electron chi connectivity index (χ2n) is 14.7. The van der Waals surface area contributed by atoms with Crippen molar-refractivity contribution in [3.8, 4) is 11.4 Å². The summed E-state index contributed by atoms with van der Waals surface area (Å²) < 4.78 is 40.1. The van der Waals surface area contributed by atoms with Crippen LogP contribution in [0.3, 0.4) is 0 Å². The predicted molar refractivity (Wildman–Crippen MR) is 183 cm³/mol. The summed E-state index contributed by atoms with van der Waals surface area (Å²) in [7, 11) is 0. The normalized spacial score (nSPS) is 13.1. The lowest BCUT2D eigenvalue weighted by Crippen LogP contribution is -2.21. The lowest BCUT2D eigenvalue weighted by molar-refractivity contribution is -0.0925. The Morgan fingerprint density at radius 3 is 1.41 bits per heavy atom. The van der Waals surface area contributed by atoms with Gasteiger partial charge < -0.3 is 5.73 Å². The van der Waals surface area contributed by atoms with Crippen LogP contribution in [0.15, 0.2) is 90.6 Å². The standard InChI is InChI=1S/C38H44F3N5/c1-35(2,3)25-12-10-24(11-13-25)34-44-31(30(42)22-32(43)38(39,40)41)23-33(45-34)46(28-18-14-26(15-19-28)36(4,5)6)29-20-16-27(17-21-29)37(7,8)9/h10-23,42H,43H2,1-9H3. The second kappa shape index (κ2) is 12.4. The Hall–Kier alpha value is -4.46. The largest absolute Gasteiger partial charge is 0.430 e. The quantitative estimate of drug-likeness (QED) is 0.209. The molecule has 1 heterocycles. The zero-order valence-corrected chi connectivity index (χ0v) is 28.1. The van der Waals surface area contributed by atoms with Crippen LogP contribution in [-0.2, 0) is 16.2 Å². The molecule has 0 spiro atoms. The van der Waals surface area contributed by atoms with Gasteiger partial charge in [-0.1, -0.05) is 111 Å². The third kappa shape index (κ3) is 8.03. The highest BCUT2D eigenvalue weighted by Gasteiger charge is 2.32. The first-order chi connectivity index (χ1) is 21.1. The van der Waals surface area contributed by atoms with Crippen molar-refractivity contribution in [3.05, 3.63) is 113 Å². The first-order valence-corrected chi connectivity index (χ1v) is 15.3. The molecular formula is C38H44F3N5. The molecule has 3 N–H and O–H groups in total. The molecule has 242 valence electrons. The van der Waals surface area contributed by atoms with Gasteiger partial charge in [-0.2, -0.15) is 13.2 Å². The van der Waals surface area contributed by atoms with Crippen LogP contribution in [0.25, 0.3) is 11.4 Å². The van der Waals surface area contributed by atoms with E-state index in [0.717, 1.165) is 28.1 Å². The summed E-state index contributed by atoms with van der Waals surface area (Å²) in [5, 5.41) is 8.59. The summed E-state index contributed by atoms with van der Waals surface area (Å²) in [6.45, 7) is 19.2. The van der Waals surface area contributed by atoms with Gasteiger partial charge >= 0.3 is 6.18 Å². The van der Waals surface area contributed by atoms with Crippen LogP contribution in [0.5, 0.6) is 0 Å². The average Bonchev–Trinajstić information content (AvgIpc) is 2.96. The number of anilines is 3. The summed E-state index contributed by atoms with van der Waals surface area (Å²) in [6.07, 6.45) is -4.18. The number of halogens is 3. The molecule has 0 unspecified atom stereocenters. The van der Waals surface area contributed by atoms with Crippen LogP contribution < -0.4 is 10.6 Å². The van der Waals surface area contributed by atoms with Gasteiger partial charge in [0.2, 0.25) is 0 Å². The minimum atomic E-state index is -4.77. The molecule has 0 saturated carbocycles. The first kappa shape index (κ1) is 34.4. The summed E-state index contributed by atoms with van der Waals surface area (Å²) in [4.78, 5) is 11.4. The number of allylic oxidation sites excluding steroid dienone is 2. The lowest BCUT2D eigenvalue weighted by atomic mass is 9.86. The third-order valence-corrected chi connectivity index (χ3v) is 7.84. The molecule has 4 rings (SSSR count). The Labute approximate surface area is 270 Å². The minimum Gasteiger partial charge on any atom is -0.395 e. The number of nitrogens with one attached hydrogen (secondary N) is 1. The van der Waals surface area contributed by atoms with E-state index in [0.29, 0.717) is 17.5 Å². The molecule has 1 aromatic heterocycles. The molecule has 0 bridgehead atoms. The van der Waals surface area contributed by atoms with Crippen LogP contribution in [0.2, 0.25) is 0 Å². The zero-order chi connectivity index (χ0) is 34.2. The topological polar surface area (TPSA) is 78.9 Å². The van der Waals surface area contributed by atoms with Crippen molar-refractivity contribution in [1.82, 2.24) is 9.97 Å². The van der Waals surface area contributed by atoms with Crippen molar-refractivity contribution in [2.24, 2.45) is 5.73 Å². The Morgan fingerprint density at radius 1 is 0.652 bits per heavy atom. The molecule has 0 saturated heterocycles. The Morgan fingerprint density at radius 2 is 1.04 bits per heavy atom. The molecule has 0 atom stereocenters. The maximum atomic E-state index is 13.4. The van der Waals surface area contributed by atoms with Crippen molar-refractivity contribution in [3.63, 3.8) is 0 Å². The smallest absolute Gasteiger partial charge is 0.395 e. The van der Waals surface area contributed by atoms with E-state index in [1.807, 2.05) is 53.4 Å². The summed E-state index contributed by atoms with van der Waals surface area (Å²) in [5.74, 6) is 0.676. The van der Waals surface area contributed by atoms with E-state index in [2.05, 4.69) is 91.6 Å². The number of nitrogens with two attached hydrogens (primary N) is 1. The van der Waals surface area contributed by atoms with Gasteiger partial charge in [-0.15, -0.1) is 0 Å². The Bertz CT molecular complexity index is 1660. The number of hydrogen-bond donors (Lipinski definition) is 2. The van der Waals surface area contributed by atoms with E-state index >= 15 is 0 Å². The summed E-state index contributed by atoms with van der Waals surface area (Å²) in [5.41, 5.74) is 8.95. The van der Waals surface area contributed by atoms with Gasteiger partial charge in [0, 0.05) is 23.0 Å². The fourth-order valence-corrected chi connectivity index (χ4v) is 4.88. The van der Waals surface area contributed by atoms with Gasteiger partial charge in [-0.25, -0.2) is 9.97 Å². The second-order valence-corrected chi connectivity index (χ2v) is 14.7. The predicted octanol–water partition coefficient (Wildman–Crippen LogP) is 10.3. The number of benzene rings is 3. The van der Waals surface area contributed by atoms with E-state index < -0.39 is 17.6 Å². The molecule has 46 heavy (non-hydrogen) atoms. The third-order valence-electron chi connectivity index (χ3n) is 7.84. The minimum absolute atomic E-state index is 0.00900.